The molecule has 0 unspecified atom stereocenters. The van der Waals surface area contributed by atoms with E-state index < -0.39 is 0 Å². The van der Waals surface area contributed by atoms with Crippen LogP contribution in [0, 0.1) is 0 Å². The fourth-order valence-electron chi connectivity index (χ4n) is 1.98. The molecule has 20 heavy (non-hydrogen) atoms. The molecule has 2 aromatic rings. The van der Waals surface area contributed by atoms with Crippen LogP contribution < -0.4 is 0 Å². The molecule has 1 heterocycles. The van der Waals surface area contributed by atoms with Gasteiger partial charge in [0.1, 0.15) is 0 Å². The number of benzene rings is 1. The fraction of sp³-hybridized carbons (Fsp3) is 0.294. The van der Waals surface area contributed by atoms with E-state index in [1.807, 2.05) is 12.1 Å². The van der Waals surface area contributed by atoms with Crippen LogP contribution in [-0.4, -0.2) is 18.1 Å². The predicted octanol–water partition coefficient (Wildman–Crippen LogP) is 3.83. The van der Waals surface area contributed by atoms with Crippen molar-refractivity contribution in [2.24, 2.45) is 0 Å². The van der Waals surface area contributed by atoms with Crippen LogP contribution in [0.1, 0.15) is 36.7 Å². The molecular formula is C17H19NO2. The van der Waals surface area contributed by atoms with Gasteiger partial charge >= 0.3 is 5.97 Å². The summed E-state index contributed by atoms with van der Waals surface area (Å²) in [4.78, 5) is 15.9. The topological polar surface area (TPSA) is 39.2 Å². The van der Waals surface area contributed by atoms with Crippen molar-refractivity contribution >= 4 is 5.97 Å². The van der Waals surface area contributed by atoms with E-state index in [-0.39, 0.29) is 11.4 Å². The number of carbonyl (C=O) groups is 1. The Morgan fingerprint density at radius 2 is 1.90 bits per heavy atom. The molecule has 3 nitrogen and oxygen atoms in total. The highest BCUT2D eigenvalue weighted by molar-refractivity contribution is 5.90. The van der Waals surface area contributed by atoms with Crippen LogP contribution in [0.3, 0.4) is 0 Å². The predicted molar refractivity (Wildman–Crippen MR) is 79.7 cm³/mol. The van der Waals surface area contributed by atoms with Gasteiger partial charge in [-0.3, -0.25) is 4.98 Å². The van der Waals surface area contributed by atoms with Crippen molar-refractivity contribution < 1.29 is 9.53 Å². The number of ether oxygens (including phenoxy) is 1. The first-order chi connectivity index (χ1) is 9.41. The molecule has 0 bridgehead atoms. The Morgan fingerprint density at radius 1 is 1.15 bits per heavy atom. The number of hydrogen-bond donors (Lipinski definition) is 0. The number of rotatable bonds is 2. The maximum Gasteiger partial charge on any atom is 0.337 e. The van der Waals surface area contributed by atoms with Crippen LogP contribution in [0.5, 0.6) is 0 Å². The minimum Gasteiger partial charge on any atom is -0.465 e. The fourth-order valence-corrected chi connectivity index (χ4v) is 1.98. The number of methoxy groups -OCH3 is 1. The molecule has 0 aliphatic carbocycles. The second-order valence-corrected chi connectivity index (χ2v) is 5.75. The summed E-state index contributed by atoms with van der Waals surface area (Å²) >= 11 is 0. The quantitative estimate of drug-likeness (QED) is 0.778. The molecule has 104 valence electrons. The van der Waals surface area contributed by atoms with Crippen molar-refractivity contribution in [3.63, 3.8) is 0 Å². The van der Waals surface area contributed by atoms with E-state index in [1.165, 1.54) is 12.7 Å². The van der Waals surface area contributed by atoms with Crippen LogP contribution in [-0.2, 0) is 10.2 Å². The number of carbonyl (C=O) groups excluding carboxylic acids is 1. The van der Waals surface area contributed by atoms with Crippen LogP contribution in [0.25, 0.3) is 11.3 Å². The Morgan fingerprint density at radius 3 is 2.55 bits per heavy atom. The van der Waals surface area contributed by atoms with Crippen LogP contribution in [0.2, 0.25) is 0 Å². The zero-order valence-corrected chi connectivity index (χ0v) is 12.3. The molecule has 2 rings (SSSR count). The van der Waals surface area contributed by atoms with Crippen molar-refractivity contribution in [2.75, 3.05) is 7.11 Å². The molecule has 3 heteroatoms. The Kier molecular flexibility index (Phi) is 3.89. The number of pyridine rings is 1. The van der Waals surface area contributed by atoms with Gasteiger partial charge in [-0.05, 0) is 29.2 Å². The summed E-state index contributed by atoms with van der Waals surface area (Å²) in [7, 11) is 1.38. The van der Waals surface area contributed by atoms with Gasteiger partial charge in [-0.1, -0.05) is 39.0 Å². The van der Waals surface area contributed by atoms with Gasteiger partial charge in [-0.15, -0.1) is 0 Å². The molecule has 0 aliphatic heterocycles. The second-order valence-electron chi connectivity index (χ2n) is 5.75. The third kappa shape index (κ3) is 3.05. The van der Waals surface area contributed by atoms with Crippen molar-refractivity contribution in [3.05, 3.63) is 53.7 Å². The smallest absolute Gasteiger partial charge is 0.337 e. The monoisotopic (exact) mass is 269 g/mol. The van der Waals surface area contributed by atoms with Crippen molar-refractivity contribution in [2.45, 2.75) is 26.2 Å². The van der Waals surface area contributed by atoms with Crippen LogP contribution in [0.4, 0.5) is 0 Å². The number of hydrogen-bond acceptors (Lipinski definition) is 3. The molecule has 0 spiro atoms. The molecule has 0 aliphatic rings. The summed E-state index contributed by atoms with van der Waals surface area (Å²) in [6.07, 6.45) is 1.63. The van der Waals surface area contributed by atoms with E-state index in [1.54, 1.807) is 18.3 Å². The number of esters is 1. The van der Waals surface area contributed by atoms with Gasteiger partial charge in [0.15, 0.2) is 0 Å². The van der Waals surface area contributed by atoms with Gasteiger partial charge in [0, 0.05) is 11.8 Å². The normalized spacial score (nSPS) is 11.2. The third-order valence-corrected chi connectivity index (χ3v) is 3.21. The Hall–Kier alpha value is -2.16. The second kappa shape index (κ2) is 5.45. The lowest BCUT2D eigenvalue weighted by atomic mass is 9.86. The first-order valence-electron chi connectivity index (χ1n) is 6.57. The van der Waals surface area contributed by atoms with Gasteiger partial charge in [-0.25, -0.2) is 4.79 Å². The van der Waals surface area contributed by atoms with Gasteiger partial charge in [0.05, 0.1) is 18.4 Å². The van der Waals surface area contributed by atoms with Crippen molar-refractivity contribution in [3.8, 4) is 11.3 Å². The first-order valence-corrected chi connectivity index (χ1v) is 6.57. The minimum absolute atomic E-state index is 0.0793. The van der Waals surface area contributed by atoms with Crippen molar-refractivity contribution in [1.82, 2.24) is 4.98 Å². The van der Waals surface area contributed by atoms with Crippen LogP contribution in [0.15, 0.2) is 42.6 Å². The van der Waals surface area contributed by atoms with E-state index in [0.717, 1.165) is 11.3 Å². The molecule has 0 saturated heterocycles. The molecule has 0 radical (unpaired) electrons. The molecule has 0 N–H and O–H groups in total. The lowest BCUT2D eigenvalue weighted by molar-refractivity contribution is 0.0600. The Bertz CT molecular complexity index is 627. The summed E-state index contributed by atoms with van der Waals surface area (Å²) in [5.41, 5.74) is 3.61. The standard InChI is InChI=1S/C17H19NO2/c1-17(2,3)14-7-5-6-12(10-14)15-11-13(8-9-18-15)16(19)20-4/h5-11H,1-4H3. The molecule has 1 aromatic heterocycles. The Labute approximate surface area is 119 Å². The summed E-state index contributed by atoms with van der Waals surface area (Å²) in [5, 5.41) is 0. The summed E-state index contributed by atoms with van der Waals surface area (Å²) in [6, 6.07) is 11.6. The number of aromatic nitrogens is 1. The highest BCUT2D eigenvalue weighted by Gasteiger charge is 2.15. The number of nitrogens with zero attached hydrogens (tertiary/aromatic N) is 1. The van der Waals surface area contributed by atoms with E-state index in [0.29, 0.717) is 5.56 Å². The Balaban J connectivity index is 2.44. The maximum absolute atomic E-state index is 11.6. The van der Waals surface area contributed by atoms with Gasteiger partial charge in [0.2, 0.25) is 0 Å². The maximum atomic E-state index is 11.6. The van der Waals surface area contributed by atoms with Crippen LogP contribution >= 0.6 is 0 Å². The lowest BCUT2D eigenvalue weighted by Gasteiger charge is -2.19. The van der Waals surface area contributed by atoms with Gasteiger partial charge in [0.25, 0.3) is 0 Å². The highest BCUT2D eigenvalue weighted by Crippen LogP contribution is 2.27. The molecule has 1 aromatic carbocycles. The molecule has 0 atom stereocenters. The minimum atomic E-state index is -0.347. The zero-order valence-electron chi connectivity index (χ0n) is 12.3. The largest absolute Gasteiger partial charge is 0.465 e. The molecule has 0 amide bonds. The van der Waals surface area contributed by atoms with E-state index in [9.17, 15) is 4.79 Å². The summed E-state index contributed by atoms with van der Waals surface area (Å²) in [5.74, 6) is -0.347. The summed E-state index contributed by atoms with van der Waals surface area (Å²) < 4.78 is 4.74. The van der Waals surface area contributed by atoms with Gasteiger partial charge in [-0.2, -0.15) is 0 Å². The van der Waals surface area contributed by atoms with E-state index >= 15 is 0 Å². The zero-order chi connectivity index (χ0) is 14.8. The van der Waals surface area contributed by atoms with Crippen molar-refractivity contribution in [1.29, 1.82) is 0 Å². The van der Waals surface area contributed by atoms with E-state index in [2.05, 4.69) is 37.9 Å². The highest BCUT2D eigenvalue weighted by atomic mass is 16.5. The lowest BCUT2D eigenvalue weighted by Crippen LogP contribution is -2.10. The third-order valence-electron chi connectivity index (χ3n) is 3.21. The first kappa shape index (κ1) is 14.3. The molecular weight excluding hydrogens is 250 g/mol. The SMILES string of the molecule is COC(=O)c1ccnc(-c2cccc(C(C)(C)C)c2)c1. The van der Waals surface area contributed by atoms with Gasteiger partial charge < -0.3 is 4.74 Å². The average Bonchev–Trinajstić information content (AvgIpc) is 2.46. The summed E-state index contributed by atoms with van der Waals surface area (Å²) in [6.45, 7) is 6.51. The average molecular weight is 269 g/mol. The molecule has 0 fully saturated rings. The van der Waals surface area contributed by atoms with E-state index in [4.69, 9.17) is 4.74 Å². The molecule has 0 saturated carbocycles.